The highest BCUT2D eigenvalue weighted by molar-refractivity contribution is 5.91. The third-order valence-electron chi connectivity index (χ3n) is 3.07. The van der Waals surface area contributed by atoms with Crippen molar-refractivity contribution in [3.05, 3.63) is 29.8 Å². The number of anilines is 1. The summed E-state index contributed by atoms with van der Waals surface area (Å²) in [7, 11) is 1.96. The molecule has 4 nitrogen and oxygen atoms in total. The zero-order valence-electron chi connectivity index (χ0n) is 12.0. The minimum atomic E-state index is -0.289. The van der Waals surface area contributed by atoms with Crippen molar-refractivity contribution in [2.45, 2.75) is 32.8 Å². The first kappa shape index (κ1) is 15.7. The molecule has 0 aliphatic heterocycles. The number of rotatable bonds is 7. The molecule has 0 spiro atoms. The Bertz CT molecular complexity index is 405. The molecule has 1 aromatic carbocycles. The molecule has 0 saturated carbocycles. The number of hydrogen-bond donors (Lipinski definition) is 2. The average molecular weight is 264 g/mol. The number of aliphatic hydroxyl groups is 1. The van der Waals surface area contributed by atoms with Crippen LogP contribution in [0.15, 0.2) is 24.3 Å². The molecule has 1 amide bonds. The van der Waals surface area contributed by atoms with E-state index in [1.54, 1.807) is 6.92 Å². The van der Waals surface area contributed by atoms with Gasteiger partial charge in [-0.2, -0.15) is 0 Å². The Balaban J connectivity index is 2.30. The monoisotopic (exact) mass is 264 g/mol. The molecule has 106 valence electrons. The van der Waals surface area contributed by atoms with E-state index < -0.39 is 0 Å². The second-order valence-electron chi connectivity index (χ2n) is 5.05. The first-order valence-corrected chi connectivity index (χ1v) is 6.71. The third kappa shape index (κ3) is 6.36. The smallest absolute Gasteiger partial charge is 0.225 e. The number of para-hydroxylation sites is 1. The van der Waals surface area contributed by atoms with Crippen molar-refractivity contribution >= 4 is 11.6 Å². The van der Waals surface area contributed by atoms with Gasteiger partial charge in [0, 0.05) is 25.2 Å². The Labute approximate surface area is 115 Å². The molecule has 0 aromatic heterocycles. The maximum atomic E-state index is 11.8. The SMILES string of the molecule is Cc1ccccc1NC(=O)CCN(C)CCC(C)O. The van der Waals surface area contributed by atoms with E-state index in [0.29, 0.717) is 13.0 Å². The third-order valence-corrected chi connectivity index (χ3v) is 3.07. The van der Waals surface area contributed by atoms with Crippen LogP contribution in [0.25, 0.3) is 0 Å². The standard InChI is InChI=1S/C15H24N2O2/c1-12-6-4-5-7-14(12)16-15(19)9-11-17(3)10-8-13(2)18/h4-7,13,18H,8-11H2,1-3H3,(H,16,19). The van der Waals surface area contributed by atoms with Gasteiger partial charge in [-0.1, -0.05) is 18.2 Å². The molecular weight excluding hydrogens is 240 g/mol. The minimum absolute atomic E-state index is 0.0261. The van der Waals surface area contributed by atoms with Crippen LogP contribution in [0.4, 0.5) is 5.69 Å². The Morgan fingerprint density at radius 2 is 2.05 bits per heavy atom. The fourth-order valence-electron chi connectivity index (χ4n) is 1.74. The number of aliphatic hydroxyl groups excluding tert-OH is 1. The molecule has 2 N–H and O–H groups in total. The molecular formula is C15H24N2O2. The number of nitrogens with zero attached hydrogens (tertiary/aromatic N) is 1. The normalized spacial score (nSPS) is 12.5. The highest BCUT2D eigenvalue weighted by Crippen LogP contribution is 2.13. The number of carbonyl (C=O) groups excluding carboxylic acids is 1. The van der Waals surface area contributed by atoms with E-state index in [4.69, 9.17) is 0 Å². The van der Waals surface area contributed by atoms with Crippen LogP contribution < -0.4 is 5.32 Å². The van der Waals surface area contributed by atoms with Crippen LogP contribution in [0.2, 0.25) is 0 Å². The summed E-state index contributed by atoms with van der Waals surface area (Å²) in [4.78, 5) is 13.9. The molecule has 0 saturated heterocycles. The summed E-state index contributed by atoms with van der Waals surface area (Å²) in [6.45, 7) is 5.25. The molecule has 0 fully saturated rings. The number of amides is 1. The quantitative estimate of drug-likeness (QED) is 0.792. The fourth-order valence-corrected chi connectivity index (χ4v) is 1.74. The van der Waals surface area contributed by atoms with Gasteiger partial charge in [0.15, 0.2) is 0 Å². The van der Waals surface area contributed by atoms with Crippen molar-refractivity contribution in [3.63, 3.8) is 0 Å². The predicted octanol–water partition coefficient (Wildman–Crippen LogP) is 2.03. The van der Waals surface area contributed by atoms with Gasteiger partial charge in [0.2, 0.25) is 5.91 Å². The van der Waals surface area contributed by atoms with Crippen LogP contribution in [0.3, 0.4) is 0 Å². The zero-order valence-corrected chi connectivity index (χ0v) is 12.0. The molecule has 1 atom stereocenters. The number of nitrogens with one attached hydrogen (secondary N) is 1. The predicted molar refractivity (Wildman–Crippen MR) is 78.2 cm³/mol. The maximum absolute atomic E-state index is 11.8. The lowest BCUT2D eigenvalue weighted by Crippen LogP contribution is -2.27. The van der Waals surface area contributed by atoms with E-state index in [0.717, 1.165) is 24.2 Å². The number of hydrogen-bond acceptors (Lipinski definition) is 3. The molecule has 19 heavy (non-hydrogen) atoms. The number of benzene rings is 1. The first-order chi connectivity index (χ1) is 8.99. The number of carbonyl (C=O) groups is 1. The van der Waals surface area contributed by atoms with Crippen LogP contribution in [-0.4, -0.2) is 42.2 Å². The van der Waals surface area contributed by atoms with Gasteiger partial charge in [0.1, 0.15) is 0 Å². The summed E-state index contributed by atoms with van der Waals surface area (Å²) in [5, 5.41) is 12.1. The Morgan fingerprint density at radius 1 is 1.37 bits per heavy atom. The van der Waals surface area contributed by atoms with Gasteiger partial charge in [0.25, 0.3) is 0 Å². The van der Waals surface area contributed by atoms with E-state index >= 15 is 0 Å². The van der Waals surface area contributed by atoms with Gasteiger partial charge in [-0.05, 0) is 38.9 Å². The highest BCUT2D eigenvalue weighted by Gasteiger charge is 2.07. The van der Waals surface area contributed by atoms with Gasteiger partial charge in [-0.15, -0.1) is 0 Å². The van der Waals surface area contributed by atoms with Crippen LogP contribution in [0.1, 0.15) is 25.3 Å². The molecule has 1 unspecified atom stereocenters. The minimum Gasteiger partial charge on any atom is -0.393 e. The Morgan fingerprint density at radius 3 is 2.68 bits per heavy atom. The lowest BCUT2D eigenvalue weighted by molar-refractivity contribution is -0.116. The summed E-state index contributed by atoms with van der Waals surface area (Å²) < 4.78 is 0. The van der Waals surface area contributed by atoms with Gasteiger partial charge in [-0.3, -0.25) is 4.79 Å². The van der Waals surface area contributed by atoms with Gasteiger partial charge in [-0.25, -0.2) is 0 Å². The van der Waals surface area contributed by atoms with Crippen molar-refractivity contribution in [3.8, 4) is 0 Å². The van der Waals surface area contributed by atoms with E-state index in [1.807, 2.05) is 38.2 Å². The van der Waals surface area contributed by atoms with Crippen molar-refractivity contribution < 1.29 is 9.90 Å². The summed E-state index contributed by atoms with van der Waals surface area (Å²) in [5.74, 6) is 0.0261. The average Bonchev–Trinajstić information content (AvgIpc) is 2.36. The summed E-state index contributed by atoms with van der Waals surface area (Å²) in [5.41, 5.74) is 1.94. The molecule has 0 aliphatic rings. The van der Waals surface area contributed by atoms with Crippen molar-refractivity contribution in [2.75, 3.05) is 25.5 Å². The topological polar surface area (TPSA) is 52.6 Å². The second-order valence-corrected chi connectivity index (χ2v) is 5.05. The van der Waals surface area contributed by atoms with Crippen LogP contribution in [-0.2, 0) is 4.79 Å². The van der Waals surface area contributed by atoms with Gasteiger partial charge >= 0.3 is 0 Å². The molecule has 1 rings (SSSR count). The molecule has 0 radical (unpaired) electrons. The van der Waals surface area contributed by atoms with Gasteiger partial charge < -0.3 is 15.3 Å². The molecule has 0 bridgehead atoms. The van der Waals surface area contributed by atoms with Gasteiger partial charge in [0.05, 0.1) is 6.10 Å². The van der Waals surface area contributed by atoms with Crippen LogP contribution >= 0.6 is 0 Å². The number of aryl methyl sites for hydroxylation is 1. The van der Waals surface area contributed by atoms with E-state index in [2.05, 4.69) is 10.2 Å². The highest BCUT2D eigenvalue weighted by atomic mass is 16.3. The second kappa shape index (κ2) is 7.92. The first-order valence-electron chi connectivity index (χ1n) is 6.71. The lowest BCUT2D eigenvalue weighted by Gasteiger charge is -2.17. The summed E-state index contributed by atoms with van der Waals surface area (Å²) in [6.07, 6.45) is 0.906. The van der Waals surface area contributed by atoms with E-state index in [9.17, 15) is 9.90 Å². The van der Waals surface area contributed by atoms with Crippen molar-refractivity contribution in [1.82, 2.24) is 4.90 Å². The molecule has 0 aliphatic carbocycles. The molecule has 0 heterocycles. The summed E-state index contributed by atoms with van der Waals surface area (Å²) >= 11 is 0. The largest absolute Gasteiger partial charge is 0.393 e. The van der Waals surface area contributed by atoms with Crippen molar-refractivity contribution in [1.29, 1.82) is 0 Å². The molecule has 1 aromatic rings. The Kier molecular flexibility index (Phi) is 6.53. The van der Waals surface area contributed by atoms with Crippen LogP contribution in [0.5, 0.6) is 0 Å². The molecule has 4 heteroatoms. The lowest BCUT2D eigenvalue weighted by atomic mass is 10.2. The van der Waals surface area contributed by atoms with E-state index in [1.165, 1.54) is 0 Å². The maximum Gasteiger partial charge on any atom is 0.225 e. The fraction of sp³-hybridized carbons (Fsp3) is 0.533. The van der Waals surface area contributed by atoms with Crippen molar-refractivity contribution in [2.24, 2.45) is 0 Å². The van der Waals surface area contributed by atoms with Crippen LogP contribution in [0, 0.1) is 6.92 Å². The summed E-state index contributed by atoms with van der Waals surface area (Å²) in [6, 6.07) is 7.75. The van der Waals surface area contributed by atoms with E-state index in [-0.39, 0.29) is 12.0 Å². The zero-order chi connectivity index (χ0) is 14.3. The Hall–Kier alpha value is -1.39.